The second-order valence-corrected chi connectivity index (χ2v) is 6.08. The predicted molar refractivity (Wildman–Crippen MR) is 60.2 cm³/mol. The highest BCUT2D eigenvalue weighted by molar-refractivity contribution is 7.47. The first-order valence-corrected chi connectivity index (χ1v) is 8.02. The molecule has 0 aliphatic heterocycles. The fourth-order valence-electron chi connectivity index (χ4n) is 0.997. The van der Waals surface area contributed by atoms with Gasteiger partial charge in [0.05, 0.1) is 6.61 Å². The zero-order valence-electron chi connectivity index (χ0n) is 10.0. The van der Waals surface area contributed by atoms with Crippen LogP contribution >= 0.6 is 15.6 Å². The SMILES string of the molecule is O=C(OP(=O)(O)O)[C@@H](O)[C@@H](O)[C@H](O)[C@H](O)COP(=O)(O)O. The van der Waals surface area contributed by atoms with Crippen LogP contribution in [0.15, 0.2) is 0 Å². The molecular weight excluding hydrogens is 342 g/mol. The van der Waals surface area contributed by atoms with E-state index in [1.54, 1.807) is 0 Å². The summed E-state index contributed by atoms with van der Waals surface area (Å²) in [6.45, 7) is -1.16. The third-order valence-electron chi connectivity index (χ3n) is 1.93. The predicted octanol–water partition coefficient (Wildman–Crippen LogP) is -3.82. The highest BCUT2D eigenvalue weighted by Crippen LogP contribution is 2.37. The Bertz CT molecular complexity index is 438. The summed E-state index contributed by atoms with van der Waals surface area (Å²) in [5.74, 6) is -1.99. The van der Waals surface area contributed by atoms with Crippen molar-refractivity contribution in [2.45, 2.75) is 24.4 Å². The summed E-state index contributed by atoms with van der Waals surface area (Å²) >= 11 is 0. The van der Waals surface area contributed by atoms with E-state index in [1.165, 1.54) is 0 Å². The number of carbonyl (C=O) groups excluding carboxylic acids is 1. The lowest BCUT2D eigenvalue weighted by Crippen LogP contribution is -2.49. The molecule has 0 fully saturated rings. The Morgan fingerprint density at radius 1 is 0.905 bits per heavy atom. The lowest BCUT2D eigenvalue weighted by atomic mass is 10.0. The van der Waals surface area contributed by atoms with E-state index in [4.69, 9.17) is 24.7 Å². The van der Waals surface area contributed by atoms with Crippen LogP contribution in [0.25, 0.3) is 0 Å². The molecule has 0 aromatic heterocycles. The average Bonchev–Trinajstić information content (AvgIpc) is 2.30. The monoisotopic (exact) mass is 356 g/mol. The molecule has 0 heterocycles. The number of phosphoric ester groups is 2. The lowest BCUT2D eigenvalue weighted by molar-refractivity contribution is -0.162. The third-order valence-corrected chi connectivity index (χ3v) is 2.83. The van der Waals surface area contributed by atoms with Crippen LogP contribution in [0.1, 0.15) is 0 Å². The fraction of sp³-hybridized carbons (Fsp3) is 0.833. The number of carbonyl (C=O) groups is 1. The Labute approximate surface area is 116 Å². The smallest absolute Gasteiger partial charge is 0.388 e. The molecule has 0 aromatic rings. The van der Waals surface area contributed by atoms with Gasteiger partial charge in [0.1, 0.15) is 18.3 Å². The Morgan fingerprint density at radius 2 is 1.38 bits per heavy atom. The quantitative estimate of drug-likeness (QED) is 0.195. The molecule has 0 saturated carbocycles. The molecular formula is C6H14O13P2. The van der Waals surface area contributed by atoms with Crippen LogP contribution in [0.5, 0.6) is 0 Å². The number of hydrogen-bond acceptors (Lipinski definition) is 9. The van der Waals surface area contributed by atoms with Gasteiger partial charge in [0.25, 0.3) is 0 Å². The first-order chi connectivity index (χ1) is 9.24. The van der Waals surface area contributed by atoms with Crippen LogP contribution in [0.3, 0.4) is 0 Å². The van der Waals surface area contributed by atoms with Gasteiger partial charge in [0, 0.05) is 0 Å². The van der Waals surface area contributed by atoms with Gasteiger partial charge < -0.3 is 34.7 Å². The molecule has 0 rings (SSSR count). The summed E-state index contributed by atoms with van der Waals surface area (Å²) < 4.78 is 27.9. The Morgan fingerprint density at radius 3 is 1.76 bits per heavy atom. The minimum Gasteiger partial charge on any atom is -0.388 e. The van der Waals surface area contributed by atoms with Crippen molar-refractivity contribution >= 4 is 21.6 Å². The lowest BCUT2D eigenvalue weighted by Gasteiger charge is -2.25. The highest BCUT2D eigenvalue weighted by Gasteiger charge is 2.38. The number of hydrogen-bond donors (Lipinski definition) is 8. The molecule has 0 amide bonds. The number of aliphatic hydroxyl groups excluding tert-OH is 4. The van der Waals surface area contributed by atoms with Crippen molar-refractivity contribution in [1.29, 1.82) is 0 Å². The van der Waals surface area contributed by atoms with Gasteiger partial charge in [-0.05, 0) is 0 Å². The van der Waals surface area contributed by atoms with E-state index in [0.717, 1.165) is 0 Å². The Hall–Kier alpha value is -0.430. The van der Waals surface area contributed by atoms with Crippen LogP contribution in [-0.4, -0.2) is 77.0 Å². The van der Waals surface area contributed by atoms with Crippen molar-refractivity contribution in [2.24, 2.45) is 0 Å². The molecule has 13 nitrogen and oxygen atoms in total. The van der Waals surface area contributed by atoms with Crippen LogP contribution in [0.2, 0.25) is 0 Å². The second-order valence-electron chi connectivity index (χ2n) is 3.68. The van der Waals surface area contributed by atoms with Gasteiger partial charge in [-0.15, -0.1) is 0 Å². The second kappa shape index (κ2) is 7.72. The third kappa shape index (κ3) is 8.56. The van der Waals surface area contributed by atoms with Gasteiger partial charge in [-0.25, -0.2) is 13.9 Å². The van der Waals surface area contributed by atoms with Gasteiger partial charge >= 0.3 is 21.6 Å². The summed E-state index contributed by atoms with van der Waals surface area (Å²) in [6, 6.07) is 0. The van der Waals surface area contributed by atoms with E-state index >= 15 is 0 Å². The normalized spacial score (nSPS) is 18.7. The summed E-state index contributed by atoms with van der Waals surface area (Å²) in [6.07, 6.45) is -9.59. The Kier molecular flexibility index (Phi) is 7.56. The van der Waals surface area contributed by atoms with E-state index in [-0.39, 0.29) is 0 Å². The van der Waals surface area contributed by atoms with Gasteiger partial charge in [-0.2, -0.15) is 0 Å². The molecule has 4 atom stereocenters. The van der Waals surface area contributed by atoms with Crippen molar-refractivity contribution in [2.75, 3.05) is 6.61 Å². The molecule has 0 bridgehead atoms. The van der Waals surface area contributed by atoms with Crippen molar-refractivity contribution in [1.82, 2.24) is 0 Å². The molecule has 0 aliphatic rings. The largest absolute Gasteiger partial charge is 0.527 e. The maximum Gasteiger partial charge on any atom is 0.527 e. The average molecular weight is 356 g/mol. The molecule has 0 unspecified atom stereocenters. The molecule has 15 heteroatoms. The highest BCUT2D eigenvalue weighted by atomic mass is 31.2. The minimum atomic E-state index is -5.30. The number of aliphatic hydroxyl groups is 4. The zero-order valence-corrected chi connectivity index (χ0v) is 11.8. The van der Waals surface area contributed by atoms with Crippen LogP contribution in [0.4, 0.5) is 0 Å². The topological polar surface area (TPSA) is 232 Å². The molecule has 8 N–H and O–H groups in total. The maximum absolute atomic E-state index is 11.0. The molecule has 0 aromatic carbocycles. The van der Waals surface area contributed by atoms with E-state index in [2.05, 4.69) is 9.05 Å². The molecule has 0 spiro atoms. The molecule has 21 heavy (non-hydrogen) atoms. The minimum absolute atomic E-state index is 1.16. The van der Waals surface area contributed by atoms with Gasteiger partial charge in [-0.3, -0.25) is 14.3 Å². The van der Waals surface area contributed by atoms with E-state index in [0.29, 0.717) is 0 Å². The van der Waals surface area contributed by atoms with E-state index < -0.39 is 52.6 Å². The first kappa shape index (κ1) is 20.6. The fourth-order valence-corrected chi connectivity index (χ4v) is 1.69. The van der Waals surface area contributed by atoms with Crippen LogP contribution in [0, 0.1) is 0 Å². The zero-order chi connectivity index (χ0) is 17.0. The van der Waals surface area contributed by atoms with Crippen LogP contribution < -0.4 is 0 Å². The van der Waals surface area contributed by atoms with Crippen LogP contribution in [-0.2, 0) is 23.0 Å². The Balaban J connectivity index is 4.61. The number of phosphoric acid groups is 2. The van der Waals surface area contributed by atoms with E-state index in [1.807, 2.05) is 0 Å². The van der Waals surface area contributed by atoms with Crippen molar-refractivity contribution in [3.63, 3.8) is 0 Å². The maximum atomic E-state index is 11.0. The standard InChI is InChI=1S/C6H14O13P2/c7-2(1-18-20(12,13)14)3(8)4(9)5(10)6(11)19-21(15,16)17/h2-5,7-10H,1H2,(H2,12,13,14)(H2,15,16,17)/t2-,3-,4+,5+/m1/s1. The summed E-state index contributed by atoms with van der Waals surface area (Å²) in [5.41, 5.74) is 0. The van der Waals surface area contributed by atoms with Gasteiger partial charge in [0.15, 0.2) is 6.10 Å². The van der Waals surface area contributed by atoms with Gasteiger partial charge in [-0.1, -0.05) is 0 Å². The van der Waals surface area contributed by atoms with Gasteiger partial charge in [0.2, 0.25) is 0 Å². The van der Waals surface area contributed by atoms with Crippen molar-refractivity contribution < 1.29 is 63.0 Å². The first-order valence-electron chi connectivity index (χ1n) is 4.96. The molecule has 0 radical (unpaired) electrons. The van der Waals surface area contributed by atoms with Crippen molar-refractivity contribution in [3.05, 3.63) is 0 Å². The van der Waals surface area contributed by atoms with E-state index in [9.17, 15) is 29.2 Å². The molecule has 126 valence electrons. The van der Waals surface area contributed by atoms with Crippen molar-refractivity contribution in [3.8, 4) is 0 Å². The number of rotatable bonds is 8. The molecule has 0 saturated heterocycles. The molecule has 0 aliphatic carbocycles. The summed E-state index contributed by atoms with van der Waals surface area (Å²) in [5, 5.41) is 37.0. The summed E-state index contributed by atoms with van der Waals surface area (Å²) in [4.78, 5) is 44.2. The summed E-state index contributed by atoms with van der Waals surface area (Å²) in [7, 11) is -10.3.